The molecule has 0 aromatic rings. The summed E-state index contributed by atoms with van der Waals surface area (Å²) in [6.45, 7) is 0. The van der Waals surface area contributed by atoms with Crippen LogP contribution in [0.15, 0.2) is 0 Å². The Morgan fingerprint density at radius 3 is 0.333 bits per heavy atom. The van der Waals surface area contributed by atoms with Gasteiger partial charge in [0.05, 0.1) is 0 Å². The Morgan fingerprint density at radius 2 is 0.333 bits per heavy atom. The second-order valence-corrected chi connectivity index (χ2v) is 0. The molecule has 0 saturated carbocycles. The van der Waals surface area contributed by atoms with Gasteiger partial charge in [-0.1, -0.05) is 0 Å². The maximum Gasteiger partial charge on any atom is 0 e. The van der Waals surface area contributed by atoms with E-state index in [1.54, 1.807) is 0 Å². The van der Waals surface area contributed by atoms with Gasteiger partial charge < -0.3 is 0 Å². The Balaban J connectivity index is 0. The van der Waals surface area contributed by atoms with Gasteiger partial charge in [-0.15, -0.1) is 0 Å². The van der Waals surface area contributed by atoms with Crippen molar-refractivity contribution in [2.75, 3.05) is 0 Å². The first-order valence-corrected chi connectivity index (χ1v) is 0. The first-order chi connectivity index (χ1) is 0. The molecule has 0 fully saturated rings. The van der Waals surface area contributed by atoms with Crippen LogP contribution in [0.3, 0.4) is 0 Å². The van der Waals surface area contributed by atoms with Crippen LogP contribution in [0.2, 0.25) is 0 Å². The summed E-state index contributed by atoms with van der Waals surface area (Å²) in [5.41, 5.74) is 0. The Labute approximate surface area is 43.9 Å². The minimum atomic E-state index is 0. The molecule has 0 aromatic carbocycles. The topological polar surface area (TPSA) is 0 Å². The first kappa shape index (κ1) is 2330. The smallest absolute Gasteiger partial charge is 0 e. The van der Waals surface area contributed by atoms with Crippen molar-refractivity contribution in [3.05, 3.63) is 0 Å². The van der Waals surface area contributed by atoms with E-state index in [9.17, 15) is 0 Å². The second-order valence-electron chi connectivity index (χ2n) is 0. The summed E-state index contributed by atoms with van der Waals surface area (Å²) in [5.74, 6) is 0. The average molecular weight is 201 g/mol. The fourth-order valence-electron chi connectivity index (χ4n) is 0. The maximum atomic E-state index is 0. The van der Waals surface area contributed by atoms with E-state index < -0.39 is 0 Å². The van der Waals surface area contributed by atoms with Crippen molar-refractivity contribution in [3.63, 3.8) is 0 Å². The van der Waals surface area contributed by atoms with Crippen molar-refractivity contribution in [2.24, 2.45) is 0 Å². The molecule has 0 rings (SSSR count). The standard InChI is InChI=1S/5FH.Ru/h5*1H;. The quantitative estimate of drug-likeness (QED) is 0.401. The predicted molar refractivity (Wildman–Crippen MR) is 12.5 cm³/mol. The van der Waals surface area contributed by atoms with Gasteiger partial charge in [-0.25, -0.2) is 0 Å². The van der Waals surface area contributed by atoms with Gasteiger partial charge in [-0.05, 0) is 0 Å². The van der Waals surface area contributed by atoms with Crippen molar-refractivity contribution >= 4 is 0 Å². The Morgan fingerprint density at radius 1 is 0.333 bits per heavy atom. The monoisotopic (exact) mass is 202 g/mol. The fourth-order valence-corrected chi connectivity index (χ4v) is 0. The summed E-state index contributed by atoms with van der Waals surface area (Å²) in [5, 5.41) is 0. The summed E-state index contributed by atoms with van der Waals surface area (Å²) in [4.78, 5) is 0. The minimum Gasteiger partial charge on any atom is -0.269 e. The van der Waals surface area contributed by atoms with Gasteiger partial charge >= 0.3 is 0 Å². The van der Waals surface area contributed by atoms with Crippen LogP contribution < -0.4 is 0 Å². The summed E-state index contributed by atoms with van der Waals surface area (Å²) >= 11 is 0. The number of halogens is 5. The predicted octanol–water partition coefficient (Wildman–Crippen LogP) is 0.760. The molecule has 0 aromatic heterocycles. The van der Waals surface area contributed by atoms with Crippen LogP contribution in [-0.2, 0) is 19.5 Å². The van der Waals surface area contributed by atoms with E-state index >= 15 is 0 Å². The molecule has 0 N–H and O–H groups in total. The van der Waals surface area contributed by atoms with Crippen LogP contribution in [0.25, 0.3) is 0 Å². The van der Waals surface area contributed by atoms with E-state index in [2.05, 4.69) is 0 Å². The van der Waals surface area contributed by atoms with Crippen molar-refractivity contribution in [1.29, 1.82) is 0 Å². The molecule has 0 radical (unpaired) electrons. The van der Waals surface area contributed by atoms with Gasteiger partial charge in [0.2, 0.25) is 0 Å². The molecule has 6 heavy (non-hydrogen) atoms. The molecule has 0 aliphatic heterocycles. The summed E-state index contributed by atoms with van der Waals surface area (Å²) in [6, 6.07) is 0. The molecule has 0 bridgehead atoms. The van der Waals surface area contributed by atoms with E-state index in [1.807, 2.05) is 0 Å². The normalized spacial score (nSPS) is 0. The van der Waals surface area contributed by atoms with E-state index in [1.165, 1.54) is 0 Å². The van der Waals surface area contributed by atoms with Crippen LogP contribution in [-0.4, -0.2) is 0 Å². The van der Waals surface area contributed by atoms with Crippen molar-refractivity contribution in [3.8, 4) is 0 Å². The molecular weight excluding hydrogens is 196 g/mol. The van der Waals surface area contributed by atoms with Crippen molar-refractivity contribution in [2.45, 2.75) is 0 Å². The first-order valence-electron chi connectivity index (χ1n) is 0. The summed E-state index contributed by atoms with van der Waals surface area (Å²) in [6.07, 6.45) is 0. The van der Waals surface area contributed by atoms with Crippen LogP contribution >= 0.6 is 0 Å². The number of rotatable bonds is 0. The zero-order valence-corrected chi connectivity index (χ0v) is 4.13. The molecule has 48 valence electrons. The third-order valence-corrected chi connectivity index (χ3v) is 0. The maximum absolute atomic E-state index is 0. The molecule has 0 nitrogen and oxygen atoms in total. The minimum absolute atomic E-state index is 0. The van der Waals surface area contributed by atoms with Gasteiger partial charge in [0.25, 0.3) is 0 Å². The molecule has 0 heterocycles. The zero-order valence-electron chi connectivity index (χ0n) is 2.39. The summed E-state index contributed by atoms with van der Waals surface area (Å²) in [7, 11) is 0. The zero-order chi connectivity index (χ0) is 0. The molecule has 0 atom stereocenters. The van der Waals surface area contributed by atoms with Crippen LogP contribution in [0.4, 0.5) is 23.5 Å². The SMILES string of the molecule is F.F.F.F.F.[Ru]. The Bertz CT molecular complexity index is 3.90. The Kier molecular flexibility index (Phi) is 501000. The number of hydrogen-bond acceptors (Lipinski definition) is 0. The largest absolute Gasteiger partial charge is 0.269 e. The molecule has 0 aliphatic rings. The van der Waals surface area contributed by atoms with Gasteiger partial charge in [0, 0.05) is 19.5 Å². The molecule has 0 spiro atoms. The molecule has 6 heteroatoms. The fraction of sp³-hybridized carbons (Fsp3) is 0. The molecule has 0 saturated heterocycles. The van der Waals surface area contributed by atoms with Crippen LogP contribution in [0.5, 0.6) is 0 Å². The van der Waals surface area contributed by atoms with E-state index in [4.69, 9.17) is 0 Å². The van der Waals surface area contributed by atoms with Crippen LogP contribution in [0.1, 0.15) is 0 Å². The molecular formula is H5F5Ru. The van der Waals surface area contributed by atoms with E-state index in [0.717, 1.165) is 0 Å². The van der Waals surface area contributed by atoms with Crippen LogP contribution in [0, 0.1) is 0 Å². The van der Waals surface area contributed by atoms with Gasteiger partial charge in [0.15, 0.2) is 0 Å². The molecule has 0 unspecified atom stereocenters. The van der Waals surface area contributed by atoms with E-state index in [0.29, 0.717) is 0 Å². The van der Waals surface area contributed by atoms with Crippen molar-refractivity contribution in [1.82, 2.24) is 0 Å². The van der Waals surface area contributed by atoms with Crippen molar-refractivity contribution < 1.29 is 43.0 Å². The molecule has 0 amide bonds. The number of hydrogen-bond donors (Lipinski definition) is 0. The summed E-state index contributed by atoms with van der Waals surface area (Å²) < 4.78 is 0. The molecule has 0 aliphatic carbocycles. The van der Waals surface area contributed by atoms with Gasteiger partial charge in [-0.2, -0.15) is 0 Å². The van der Waals surface area contributed by atoms with E-state index in [-0.39, 0.29) is 43.0 Å². The third-order valence-electron chi connectivity index (χ3n) is 0. The Hall–Kier alpha value is 0.273. The van der Waals surface area contributed by atoms with Gasteiger partial charge in [0.1, 0.15) is 0 Å². The van der Waals surface area contributed by atoms with Gasteiger partial charge in [-0.3, -0.25) is 23.5 Å². The third kappa shape index (κ3) is 613. The average Bonchev–Trinajstić information content (AvgIpc) is 0. The second kappa shape index (κ2) is 1290.